The number of esters is 3. The number of hydrogen-bond donors (Lipinski definition) is 0. The molecule has 0 radical (unpaired) electrons. The first kappa shape index (κ1) is 65.3. The van der Waals surface area contributed by atoms with Crippen molar-refractivity contribution >= 4 is 17.9 Å². The Bertz CT molecular complexity index is 1580. The van der Waals surface area contributed by atoms with Crippen LogP contribution < -0.4 is 0 Å². The predicted molar refractivity (Wildman–Crippen MR) is 302 cm³/mol. The van der Waals surface area contributed by atoms with Crippen molar-refractivity contribution in [1.82, 2.24) is 0 Å². The van der Waals surface area contributed by atoms with Gasteiger partial charge in [-0.1, -0.05) is 218 Å². The number of rotatable bonds is 48. The zero-order valence-electron chi connectivity index (χ0n) is 44.7. The molecule has 1 unspecified atom stereocenters. The van der Waals surface area contributed by atoms with Crippen molar-refractivity contribution in [1.29, 1.82) is 0 Å². The Morgan fingerprint density at radius 3 is 0.986 bits per heavy atom. The van der Waals surface area contributed by atoms with Gasteiger partial charge in [-0.05, 0) is 128 Å². The van der Waals surface area contributed by atoms with Crippen molar-refractivity contribution in [3.8, 4) is 0 Å². The summed E-state index contributed by atoms with van der Waals surface area (Å²) in [5.41, 5.74) is 0. The zero-order valence-corrected chi connectivity index (χ0v) is 44.7. The van der Waals surface area contributed by atoms with Gasteiger partial charge >= 0.3 is 17.9 Å². The van der Waals surface area contributed by atoms with Crippen LogP contribution in [0.4, 0.5) is 0 Å². The Morgan fingerprint density at radius 1 is 0.300 bits per heavy atom. The second-order valence-corrected chi connectivity index (χ2v) is 17.7. The minimum absolute atomic E-state index is 0.127. The van der Waals surface area contributed by atoms with E-state index < -0.39 is 6.10 Å². The smallest absolute Gasteiger partial charge is 0.306 e. The Labute approximate surface area is 429 Å². The van der Waals surface area contributed by atoms with E-state index in [4.69, 9.17) is 14.2 Å². The molecule has 0 rings (SSSR count). The lowest BCUT2D eigenvalue weighted by Gasteiger charge is -2.18. The molecule has 0 aromatic rings. The van der Waals surface area contributed by atoms with Gasteiger partial charge in [0.2, 0.25) is 0 Å². The van der Waals surface area contributed by atoms with Crippen LogP contribution in [-0.2, 0) is 28.6 Å². The topological polar surface area (TPSA) is 78.9 Å². The van der Waals surface area contributed by atoms with Crippen LogP contribution in [-0.4, -0.2) is 37.2 Å². The Balaban J connectivity index is 4.50. The molecule has 0 saturated heterocycles. The highest BCUT2D eigenvalue weighted by molar-refractivity contribution is 5.71. The van der Waals surface area contributed by atoms with Crippen LogP contribution in [0.5, 0.6) is 0 Å². The van der Waals surface area contributed by atoms with E-state index >= 15 is 0 Å². The fraction of sp³-hybridized carbons (Fsp3) is 0.578. The van der Waals surface area contributed by atoms with Gasteiger partial charge in [0, 0.05) is 19.3 Å². The van der Waals surface area contributed by atoms with E-state index in [2.05, 4.69) is 154 Å². The molecule has 6 nitrogen and oxygen atoms in total. The van der Waals surface area contributed by atoms with Gasteiger partial charge in [0.1, 0.15) is 13.2 Å². The molecular weight excluding hydrogens is 865 g/mol. The Morgan fingerprint density at radius 2 is 0.586 bits per heavy atom. The molecule has 0 heterocycles. The molecular formula is C64H100O6. The van der Waals surface area contributed by atoms with Gasteiger partial charge < -0.3 is 14.2 Å². The fourth-order valence-corrected chi connectivity index (χ4v) is 6.96. The lowest BCUT2D eigenvalue weighted by atomic mass is 10.1. The van der Waals surface area contributed by atoms with Gasteiger partial charge in [0.05, 0.1) is 0 Å². The predicted octanol–water partition coefficient (Wildman–Crippen LogP) is 18.8. The van der Waals surface area contributed by atoms with Crippen molar-refractivity contribution < 1.29 is 28.6 Å². The third-order valence-corrected chi connectivity index (χ3v) is 11.1. The molecule has 0 spiro atoms. The van der Waals surface area contributed by atoms with Gasteiger partial charge in [-0.2, -0.15) is 0 Å². The van der Waals surface area contributed by atoms with Crippen molar-refractivity contribution in [2.75, 3.05) is 13.2 Å². The van der Waals surface area contributed by atoms with Crippen LogP contribution in [0, 0.1) is 0 Å². The molecule has 0 aliphatic heterocycles. The van der Waals surface area contributed by atoms with Gasteiger partial charge in [-0.3, -0.25) is 14.4 Å². The number of carbonyl (C=O) groups is 3. The SMILES string of the molecule is CC/C=C\C/C=C\C/C=C\C/C=C\C/C=C\C/C=C\C/C=C\CCCCCC(=O)OCC(COC(=O)CC/C=C\C/C=C\C/C=C\C/C=C\CC)OC(=O)CCCCCCC/C=C\CCCCCCC. The molecule has 0 aliphatic rings. The molecule has 0 N–H and O–H groups in total. The minimum atomic E-state index is -0.831. The minimum Gasteiger partial charge on any atom is -0.462 e. The summed E-state index contributed by atoms with van der Waals surface area (Å²) in [4.78, 5) is 38.0. The van der Waals surface area contributed by atoms with Crippen LogP contribution >= 0.6 is 0 Å². The monoisotopic (exact) mass is 965 g/mol. The number of allylic oxidation sites excluding steroid dienone is 24. The number of hydrogen-bond acceptors (Lipinski definition) is 6. The molecule has 0 fully saturated rings. The zero-order chi connectivity index (χ0) is 50.7. The molecule has 6 heteroatoms. The molecule has 0 aliphatic carbocycles. The van der Waals surface area contributed by atoms with Crippen LogP contribution in [0.25, 0.3) is 0 Å². The van der Waals surface area contributed by atoms with Gasteiger partial charge in [0.15, 0.2) is 6.10 Å². The van der Waals surface area contributed by atoms with Crippen molar-refractivity contribution in [3.05, 3.63) is 146 Å². The summed E-state index contributed by atoms with van der Waals surface area (Å²) < 4.78 is 16.7. The maximum absolute atomic E-state index is 12.8. The molecule has 392 valence electrons. The summed E-state index contributed by atoms with van der Waals surface area (Å²) in [6.45, 7) is 6.28. The highest BCUT2D eigenvalue weighted by Gasteiger charge is 2.19. The van der Waals surface area contributed by atoms with E-state index in [0.717, 1.165) is 128 Å². The summed E-state index contributed by atoms with van der Waals surface area (Å²) in [6.07, 6.45) is 81.4. The van der Waals surface area contributed by atoms with E-state index in [9.17, 15) is 14.4 Å². The maximum Gasteiger partial charge on any atom is 0.306 e. The normalized spacial score (nSPS) is 13.2. The van der Waals surface area contributed by atoms with E-state index in [1.165, 1.54) is 44.9 Å². The summed E-state index contributed by atoms with van der Waals surface area (Å²) in [5.74, 6) is -1.06. The summed E-state index contributed by atoms with van der Waals surface area (Å²) in [5, 5.41) is 0. The third-order valence-electron chi connectivity index (χ3n) is 11.1. The average molecular weight is 965 g/mol. The average Bonchev–Trinajstić information content (AvgIpc) is 3.36. The lowest BCUT2D eigenvalue weighted by molar-refractivity contribution is -0.166. The number of unbranched alkanes of at least 4 members (excludes halogenated alkanes) is 13. The van der Waals surface area contributed by atoms with Gasteiger partial charge in [-0.25, -0.2) is 0 Å². The maximum atomic E-state index is 12.8. The highest BCUT2D eigenvalue weighted by Crippen LogP contribution is 2.12. The highest BCUT2D eigenvalue weighted by atomic mass is 16.6. The van der Waals surface area contributed by atoms with Crippen LogP contribution in [0.2, 0.25) is 0 Å². The molecule has 0 amide bonds. The molecule has 0 aromatic carbocycles. The van der Waals surface area contributed by atoms with E-state index in [0.29, 0.717) is 12.8 Å². The summed E-state index contributed by atoms with van der Waals surface area (Å²) in [7, 11) is 0. The first-order valence-corrected chi connectivity index (χ1v) is 27.8. The van der Waals surface area contributed by atoms with E-state index in [1.54, 1.807) is 0 Å². The van der Waals surface area contributed by atoms with E-state index in [-0.39, 0.29) is 44.0 Å². The molecule has 0 saturated carbocycles. The Hall–Kier alpha value is -4.71. The van der Waals surface area contributed by atoms with Crippen LogP contribution in [0.3, 0.4) is 0 Å². The second-order valence-electron chi connectivity index (χ2n) is 17.7. The van der Waals surface area contributed by atoms with E-state index in [1.807, 2.05) is 12.2 Å². The number of carbonyl (C=O) groups excluding carboxylic acids is 3. The standard InChI is InChI=1S/C64H100O6/c1-4-7-10-13-16-19-22-25-27-28-29-30-31-32-33-34-35-36-37-40-42-45-48-51-54-57-63(66)69-60-61(59-68-62(65)56-53-50-47-44-41-38-24-21-18-15-12-9-6-3)70-64(67)58-55-52-49-46-43-39-26-23-20-17-14-11-8-5-2/h7,9-10,12,16,18-19,21,23,25-27,29-30,32-33,35-36,38,40-42,47,50,61H,4-6,8,11,13-15,17,20,22,24,28,31,34,37,39,43-46,48-49,51-60H2,1-3H3/b10-7-,12-9-,19-16-,21-18-,26-23-,27-25-,30-29-,33-32-,36-35-,41-38-,42-40-,50-47-. The van der Waals surface area contributed by atoms with Crippen molar-refractivity contribution in [2.45, 2.75) is 226 Å². The first-order chi connectivity index (χ1) is 34.5. The lowest BCUT2D eigenvalue weighted by Crippen LogP contribution is -2.30. The third kappa shape index (κ3) is 54.2. The van der Waals surface area contributed by atoms with Crippen LogP contribution in [0.15, 0.2) is 146 Å². The van der Waals surface area contributed by atoms with Crippen LogP contribution in [0.1, 0.15) is 220 Å². The second kappa shape index (κ2) is 56.9. The fourth-order valence-electron chi connectivity index (χ4n) is 6.96. The quantitative estimate of drug-likeness (QED) is 0.0262. The molecule has 0 aromatic heterocycles. The largest absolute Gasteiger partial charge is 0.462 e. The summed E-state index contributed by atoms with van der Waals surface area (Å²) in [6, 6.07) is 0. The molecule has 70 heavy (non-hydrogen) atoms. The van der Waals surface area contributed by atoms with Crippen molar-refractivity contribution in [2.24, 2.45) is 0 Å². The summed E-state index contributed by atoms with van der Waals surface area (Å²) >= 11 is 0. The van der Waals surface area contributed by atoms with Crippen molar-refractivity contribution in [3.63, 3.8) is 0 Å². The number of ether oxygens (including phenoxy) is 3. The molecule has 0 bridgehead atoms. The van der Waals surface area contributed by atoms with Gasteiger partial charge in [-0.15, -0.1) is 0 Å². The van der Waals surface area contributed by atoms with Gasteiger partial charge in [0.25, 0.3) is 0 Å². The first-order valence-electron chi connectivity index (χ1n) is 27.8. The Kier molecular flexibility index (Phi) is 53.0. The molecule has 1 atom stereocenters.